The molecular formula is C14H15N3O4. The molecular weight excluding hydrogens is 274 g/mol. The van der Waals surface area contributed by atoms with Crippen molar-refractivity contribution in [2.45, 2.75) is 6.54 Å². The number of hydrogen-bond donors (Lipinski definition) is 1. The van der Waals surface area contributed by atoms with Crippen molar-refractivity contribution in [2.24, 2.45) is 0 Å². The number of H-pyrrole nitrogens is 1. The summed E-state index contributed by atoms with van der Waals surface area (Å²) in [5.74, 6) is -0.184. The Labute approximate surface area is 119 Å². The van der Waals surface area contributed by atoms with Crippen LogP contribution in [0.25, 0.3) is 11.0 Å². The molecule has 0 atom stereocenters. The van der Waals surface area contributed by atoms with Gasteiger partial charge >= 0.3 is 11.1 Å². The van der Waals surface area contributed by atoms with Crippen LogP contribution >= 0.6 is 0 Å². The molecule has 0 spiro atoms. The molecule has 0 unspecified atom stereocenters. The Morgan fingerprint density at radius 3 is 2.67 bits per heavy atom. The Morgan fingerprint density at radius 2 is 1.90 bits per heavy atom. The van der Waals surface area contributed by atoms with E-state index in [9.17, 15) is 14.4 Å². The Morgan fingerprint density at radius 1 is 1.19 bits per heavy atom. The van der Waals surface area contributed by atoms with Crippen LogP contribution < -0.4 is 11.1 Å². The van der Waals surface area contributed by atoms with Gasteiger partial charge in [0.15, 0.2) is 0 Å². The van der Waals surface area contributed by atoms with Crippen molar-refractivity contribution in [1.29, 1.82) is 0 Å². The maximum atomic E-state index is 12.3. The lowest BCUT2D eigenvalue weighted by atomic mass is 10.3. The summed E-state index contributed by atoms with van der Waals surface area (Å²) in [6, 6.07) is 6.93. The first kappa shape index (κ1) is 13.6. The van der Waals surface area contributed by atoms with Crippen LogP contribution in [0.4, 0.5) is 0 Å². The minimum absolute atomic E-state index is 0.136. The number of nitrogens with one attached hydrogen (secondary N) is 1. The molecule has 7 nitrogen and oxygen atoms in total. The summed E-state index contributed by atoms with van der Waals surface area (Å²) in [4.78, 5) is 40.1. The fourth-order valence-electron chi connectivity index (χ4n) is 2.43. The molecule has 2 heterocycles. The summed E-state index contributed by atoms with van der Waals surface area (Å²) >= 11 is 0. The molecule has 0 saturated carbocycles. The number of para-hydroxylation sites is 2. The number of rotatable bonds is 2. The number of nitrogens with zero attached hydrogens (tertiary/aromatic N) is 2. The lowest BCUT2D eigenvalue weighted by Gasteiger charge is -2.27. The average molecular weight is 289 g/mol. The lowest BCUT2D eigenvalue weighted by Crippen LogP contribution is -2.45. The highest BCUT2D eigenvalue weighted by atomic mass is 16.5. The summed E-state index contributed by atoms with van der Waals surface area (Å²) < 4.78 is 6.42. The standard InChI is InChI=1S/C14H15N3O4/c18-12(16-5-7-21-8-6-16)9-17-11-4-2-1-3-10(11)15-13(19)14(17)20/h1-4H,5-9H2,(H,15,19). The molecule has 110 valence electrons. The van der Waals surface area contributed by atoms with Gasteiger partial charge in [-0.1, -0.05) is 12.1 Å². The number of fused-ring (bicyclic) bond motifs is 1. The first-order chi connectivity index (χ1) is 10.2. The van der Waals surface area contributed by atoms with E-state index in [-0.39, 0.29) is 12.5 Å². The normalized spacial score (nSPS) is 15.3. The molecule has 0 radical (unpaired) electrons. The molecule has 1 aromatic heterocycles. The highest BCUT2D eigenvalue weighted by molar-refractivity contribution is 5.80. The quantitative estimate of drug-likeness (QED) is 0.759. The van der Waals surface area contributed by atoms with Crippen molar-refractivity contribution in [2.75, 3.05) is 26.3 Å². The van der Waals surface area contributed by atoms with Crippen molar-refractivity contribution in [1.82, 2.24) is 14.5 Å². The average Bonchev–Trinajstić information content (AvgIpc) is 2.52. The smallest absolute Gasteiger partial charge is 0.317 e. The van der Waals surface area contributed by atoms with Gasteiger partial charge in [-0.2, -0.15) is 0 Å². The Kier molecular flexibility index (Phi) is 3.57. The molecule has 1 aliphatic rings. The third-order valence-corrected chi connectivity index (χ3v) is 3.54. The minimum atomic E-state index is -0.719. The van der Waals surface area contributed by atoms with Gasteiger partial charge in [0.05, 0.1) is 24.2 Å². The van der Waals surface area contributed by atoms with Crippen LogP contribution in [0.15, 0.2) is 33.9 Å². The van der Waals surface area contributed by atoms with Crippen molar-refractivity contribution in [3.8, 4) is 0 Å². The van der Waals surface area contributed by atoms with Gasteiger partial charge in [-0.3, -0.25) is 19.0 Å². The Bertz CT molecular complexity index is 787. The second-order valence-corrected chi connectivity index (χ2v) is 4.86. The predicted molar refractivity (Wildman–Crippen MR) is 76.2 cm³/mol. The molecule has 0 aliphatic carbocycles. The highest BCUT2D eigenvalue weighted by Crippen LogP contribution is 2.08. The van der Waals surface area contributed by atoms with Crippen molar-refractivity contribution in [3.05, 3.63) is 45.0 Å². The third-order valence-electron chi connectivity index (χ3n) is 3.54. The molecule has 1 N–H and O–H groups in total. The first-order valence-electron chi connectivity index (χ1n) is 6.74. The molecule has 3 rings (SSSR count). The number of aromatic nitrogens is 2. The number of morpholine rings is 1. The van der Waals surface area contributed by atoms with E-state index < -0.39 is 11.1 Å². The van der Waals surface area contributed by atoms with E-state index in [1.54, 1.807) is 29.2 Å². The van der Waals surface area contributed by atoms with Gasteiger partial charge in [0, 0.05) is 13.1 Å². The van der Waals surface area contributed by atoms with E-state index in [1.165, 1.54) is 4.57 Å². The fourth-order valence-corrected chi connectivity index (χ4v) is 2.43. The number of aromatic amines is 1. The van der Waals surface area contributed by atoms with E-state index in [1.807, 2.05) is 0 Å². The van der Waals surface area contributed by atoms with Gasteiger partial charge in [0.1, 0.15) is 6.54 Å². The number of amides is 1. The number of ether oxygens (including phenoxy) is 1. The summed E-state index contributed by atoms with van der Waals surface area (Å²) in [5.41, 5.74) is -0.348. The van der Waals surface area contributed by atoms with Crippen LogP contribution in [-0.2, 0) is 16.1 Å². The van der Waals surface area contributed by atoms with Crippen LogP contribution in [0, 0.1) is 0 Å². The molecule has 7 heteroatoms. The van der Waals surface area contributed by atoms with Gasteiger partial charge in [0.25, 0.3) is 0 Å². The van der Waals surface area contributed by atoms with Crippen LogP contribution in [0.1, 0.15) is 0 Å². The maximum absolute atomic E-state index is 12.3. The van der Waals surface area contributed by atoms with Crippen LogP contribution in [0.5, 0.6) is 0 Å². The molecule has 21 heavy (non-hydrogen) atoms. The zero-order chi connectivity index (χ0) is 14.8. The van der Waals surface area contributed by atoms with Crippen LogP contribution in [-0.4, -0.2) is 46.7 Å². The van der Waals surface area contributed by atoms with Gasteiger partial charge in [-0.15, -0.1) is 0 Å². The van der Waals surface area contributed by atoms with Crippen molar-refractivity contribution >= 4 is 16.9 Å². The fraction of sp³-hybridized carbons (Fsp3) is 0.357. The zero-order valence-electron chi connectivity index (χ0n) is 11.4. The predicted octanol–water partition coefficient (Wildman–Crippen LogP) is -0.451. The number of carbonyl (C=O) groups is 1. The second kappa shape index (κ2) is 5.53. The summed E-state index contributed by atoms with van der Waals surface area (Å²) in [6.45, 7) is 1.88. The Hall–Kier alpha value is -2.41. The summed E-state index contributed by atoms with van der Waals surface area (Å²) in [6.07, 6.45) is 0. The minimum Gasteiger partial charge on any atom is -0.378 e. The summed E-state index contributed by atoms with van der Waals surface area (Å²) in [7, 11) is 0. The molecule has 1 amide bonds. The van der Waals surface area contributed by atoms with Crippen LogP contribution in [0.2, 0.25) is 0 Å². The maximum Gasteiger partial charge on any atom is 0.317 e. The molecule has 1 saturated heterocycles. The monoisotopic (exact) mass is 289 g/mol. The van der Waals surface area contributed by atoms with E-state index in [0.29, 0.717) is 37.3 Å². The molecule has 1 aliphatic heterocycles. The van der Waals surface area contributed by atoms with Gasteiger partial charge < -0.3 is 14.6 Å². The molecule has 1 fully saturated rings. The van der Waals surface area contributed by atoms with E-state index in [2.05, 4.69) is 4.98 Å². The SMILES string of the molecule is O=C(Cn1c(=O)c(=O)[nH]c2ccccc21)N1CCOCC1. The van der Waals surface area contributed by atoms with Gasteiger partial charge in [-0.25, -0.2) is 0 Å². The van der Waals surface area contributed by atoms with Gasteiger partial charge in [0.2, 0.25) is 5.91 Å². The van der Waals surface area contributed by atoms with Crippen molar-refractivity contribution in [3.63, 3.8) is 0 Å². The molecule has 2 aromatic rings. The van der Waals surface area contributed by atoms with Crippen LogP contribution in [0.3, 0.4) is 0 Å². The zero-order valence-corrected chi connectivity index (χ0v) is 11.4. The molecule has 0 bridgehead atoms. The lowest BCUT2D eigenvalue weighted by molar-refractivity contribution is -0.135. The molecule has 1 aromatic carbocycles. The third kappa shape index (κ3) is 2.59. The number of benzene rings is 1. The number of carbonyl (C=O) groups excluding carboxylic acids is 1. The van der Waals surface area contributed by atoms with E-state index in [4.69, 9.17) is 4.74 Å². The topological polar surface area (TPSA) is 84.4 Å². The first-order valence-corrected chi connectivity index (χ1v) is 6.74. The van der Waals surface area contributed by atoms with E-state index in [0.717, 1.165) is 0 Å². The van der Waals surface area contributed by atoms with Gasteiger partial charge in [-0.05, 0) is 12.1 Å². The Balaban J connectivity index is 1.99. The highest BCUT2D eigenvalue weighted by Gasteiger charge is 2.19. The largest absolute Gasteiger partial charge is 0.378 e. The second-order valence-electron chi connectivity index (χ2n) is 4.86. The van der Waals surface area contributed by atoms with E-state index >= 15 is 0 Å². The summed E-state index contributed by atoms with van der Waals surface area (Å²) in [5, 5.41) is 0. The van der Waals surface area contributed by atoms with Crippen molar-refractivity contribution < 1.29 is 9.53 Å². The number of hydrogen-bond acceptors (Lipinski definition) is 4.